The topological polar surface area (TPSA) is 100.0 Å². The Bertz CT molecular complexity index is 1670. The molecule has 13 heteroatoms. The van der Waals surface area contributed by atoms with E-state index in [9.17, 15) is 18.0 Å². The highest BCUT2D eigenvalue weighted by molar-refractivity contribution is 7.80. The summed E-state index contributed by atoms with van der Waals surface area (Å²) in [4.78, 5) is 19.4. The smallest absolute Gasteiger partial charge is 0.344 e. The van der Waals surface area contributed by atoms with Crippen LogP contribution in [0.25, 0.3) is 0 Å². The molecule has 228 valence electrons. The van der Waals surface area contributed by atoms with Crippen LogP contribution in [0.5, 0.6) is 0 Å². The van der Waals surface area contributed by atoms with Crippen molar-refractivity contribution in [1.82, 2.24) is 14.5 Å². The molecule has 4 aromatic rings. The predicted octanol–water partition coefficient (Wildman–Crippen LogP) is 6.71. The summed E-state index contributed by atoms with van der Waals surface area (Å²) in [7, 11) is 0. The van der Waals surface area contributed by atoms with Gasteiger partial charge in [-0.3, -0.25) is 4.79 Å². The molecule has 7 nitrogen and oxygen atoms in total. The molecule has 1 atom stereocenters. The zero-order valence-electron chi connectivity index (χ0n) is 23.2. The molecule has 0 saturated carbocycles. The number of carbonyl (C=O) groups is 1. The Kier molecular flexibility index (Phi) is 11.0. The highest BCUT2D eigenvalue weighted by Crippen LogP contribution is 2.31. The van der Waals surface area contributed by atoms with Gasteiger partial charge in [0.25, 0.3) is 0 Å². The Balaban J connectivity index is 1.53. The minimum absolute atomic E-state index is 0.00541. The average molecular weight is 660 g/mol. The van der Waals surface area contributed by atoms with Crippen molar-refractivity contribution in [3.05, 3.63) is 117 Å². The van der Waals surface area contributed by atoms with Crippen LogP contribution in [0.3, 0.4) is 0 Å². The van der Waals surface area contributed by atoms with Gasteiger partial charge >= 0.3 is 6.18 Å². The molecule has 1 aromatic heterocycles. The van der Waals surface area contributed by atoms with Gasteiger partial charge in [-0.05, 0) is 59.7 Å². The monoisotopic (exact) mass is 658 g/mol. The van der Waals surface area contributed by atoms with Crippen LogP contribution >= 0.6 is 35.4 Å². The Hall–Kier alpha value is -3.95. The lowest BCUT2D eigenvalue weighted by atomic mass is 9.99. The third-order valence-electron chi connectivity index (χ3n) is 6.89. The summed E-state index contributed by atoms with van der Waals surface area (Å²) in [6.07, 6.45) is -1.26. The van der Waals surface area contributed by atoms with Gasteiger partial charge in [-0.2, -0.15) is 18.4 Å². The molecule has 0 aliphatic carbocycles. The highest BCUT2D eigenvalue weighted by Gasteiger charge is 2.31. The first-order chi connectivity index (χ1) is 21.0. The molecule has 0 bridgehead atoms. The fraction of sp³-hybridized carbons (Fsp3) is 0.226. The van der Waals surface area contributed by atoms with E-state index in [1.54, 1.807) is 47.8 Å². The van der Waals surface area contributed by atoms with Crippen molar-refractivity contribution < 1.29 is 18.0 Å². The van der Waals surface area contributed by atoms with Gasteiger partial charge in [0.2, 0.25) is 0 Å². The van der Waals surface area contributed by atoms with E-state index in [0.29, 0.717) is 33.4 Å². The van der Waals surface area contributed by atoms with Gasteiger partial charge in [0.15, 0.2) is 5.11 Å². The number of nitriles is 1. The standard InChI is InChI=1S/C31H27Cl2F3N6OS/c32-27-6-1-3-22(29(27)33)17-41(30(44)40-25-5-2-4-24(11-25)31(34,35)36)18-23(14-38)28(43)12-26-15-39-19-42(26)16-21-9-7-20(13-37)8-10-21/h1-11,15,19,23H,12,14,16-18,38H2,(H,40,44)/t23-/m0/s1. The van der Waals surface area contributed by atoms with Crippen LogP contribution in [0.15, 0.2) is 79.3 Å². The Morgan fingerprint density at radius 3 is 2.55 bits per heavy atom. The van der Waals surface area contributed by atoms with Crippen LogP contribution in [-0.2, 0) is 30.5 Å². The van der Waals surface area contributed by atoms with Gasteiger partial charge in [0.1, 0.15) is 5.78 Å². The van der Waals surface area contributed by atoms with E-state index < -0.39 is 17.7 Å². The molecular formula is C31H27Cl2F3N6OS. The number of Topliss-reactive ketones (excluding diaryl/α,β-unsaturated/α-hetero) is 1. The van der Waals surface area contributed by atoms with E-state index in [1.807, 2.05) is 16.7 Å². The summed E-state index contributed by atoms with van der Waals surface area (Å²) < 4.78 is 41.8. The number of anilines is 1. The molecular weight excluding hydrogens is 632 g/mol. The number of alkyl halides is 3. The van der Waals surface area contributed by atoms with Crippen molar-refractivity contribution >= 4 is 52.0 Å². The maximum atomic E-state index is 13.6. The van der Waals surface area contributed by atoms with Crippen LogP contribution in [0.4, 0.5) is 18.9 Å². The lowest BCUT2D eigenvalue weighted by Gasteiger charge is -2.30. The third-order valence-corrected chi connectivity index (χ3v) is 8.11. The van der Waals surface area contributed by atoms with Gasteiger partial charge in [0, 0.05) is 56.1 Å². The molecule has 0 unspecified atom stereocenters. The first-order valence-corrected chi connectivity index (χ1v) is 14.5. The molecule has 0 aliphatic heterocycles. The van der Waals surface area contributed by atoms with E-state index in [1.165, 1.54) is 12.1 Å². The normalized spacial score (nSPS) is 11.9. The number of benzene rings is 3. The second-order valence-electron chi connectivity index (χ2n) is 10.00. The van der Waals surface area contributed by atoms with Crippen molar-refractivity contribution in [1.29, 1.82) is 5.26 Å². The minimum atomic E-state index is -4.53. The molecule has 44 heavy (non-hydrogen) atoms. The largest absolute Gasteiger partial charge is 0.416 e. The number of rotatable bonds is 11. The number of hydrogen-bond acceptors (Lipinski definition) is 5. The lowest BCUT2D eigenvalue weighted by Crippen LogP contribution is -2.42. The summed E-state index contributed by atoms with van der Waals surface area (Å²) >= 11 is 18.3. The zero-order chi connectivity index (χ0) is 31.9. The zero-order valence-corrected chi connectivity index (χ0v) is 25.5. The molecule has 0 fully saturated rings. The highest BCUT2D eigenvalue weighted by atomic mass is 35.5. The summed E-state index contributed by atoms with van der Waals surface area (Å²) in [5.41, 5.74) is 8.14. The number of halogens is 5. The van der Waals surface area contributed by atoms with E-state index in [4.69, 9.17) is 46.4 Å². The van der Waals surface area contributed by atoms with Gasteiger partial charge in [-0.25, -0.2) is 4.98 Å². The summed E-state index contributed by atoms with van der Waals surface area (Å²) in [6.45, 7) is 0.623. The fourth-order valence-corrected chi connectivity index (χ4v) is 5.12. The molecule has 0 spiro atoms. The summed E-state index contributed by atoms with van der Waals surface area (Å²) in [5.74, 6) is -0.856. The SMILES string of the molecule is N#Cc1ccc(Cn2cncc2CC(=O)[C@@H](CN)CN(Cc2cccc(Cl)c2Cl)C(=S)Nc2cccc(C(F)(F)F)c2)cc1. The Morgan fingerprint density at radius 2 is 1.86 bits per heavy atom. The van der Waals surface area contributed by atoms with Crippen molar-refractivity contribution in [2.45, 2.75) is 25.7 Å². The number of imidazole rings is 1. The van der Waals surface area contributed by atoms with Crippen LogP contribution in [0.2, 0.25) is 10.0 Å². The summed E-state index contributed by atoms with van der Waals surface area (Å²) in [6, 6.07) is 19.0. The van der Waals surface area contributed by atoms with E-state index in [-0.39, 0.29) is 42.6 Å². The minimum Gasteiger partial charge on any atom is -0.344 e. The Morgan fingerprint density at radius 1 is 1.14 bits per heavy atom. The van der Waals surface area contributed by atoms with Crippen LogP contribution in [0, 0.1) is 17.2 Å². The van der Waals surface area contributed by atoms with Crippen molar-refractivity contribution in [2.75, 3.05) is 18.4 Å². The molecule has 0 aliphatic rings. The molecule has 0 amide bonds. The molecule has 4 rings (SSSR count). The molecule has 3 aromatic carbocycles. The van der Waals surface area contributed by atoms with E-state index >= 15 is 0 Å². The molecule has 3 N–H and O–H groups in total. The number of hydrogen-bond donors (Lipinski definition) is 2. The molecule has 1 heterocycles. The maximum absolute atomic E-state index is 13.6. The first kappa shape index (κ1) is 33.0. The van der Waals surface area contributed by atoms with Gasteiger partial charge in [0.05, 0.1) is 33.6 Å². The number of nitrogens with zero attached hydrogens (tertiary/aromatic N) is 4. The second kappa shape index (κ2) is 14.7. The molecule has 0 saturated heterocycles. The van der Waals surface area contributed by atoms with Gasteiger partial charge in [-0.1, -0.05) is 53.5 Å². The lowest BCUT2D eigenvalue weighted by molar-refractivity contribution is -0.137. The van der Waals surface area contributed by atoms with Crippen molar-refractivity contribution in [2.24, 2.45) is 11.7 Å². The van der Waals surface area contributed by atoms with Gasteiger partial charge < -0.3 is 20.5 Å². The number of thiocarbonyl (C=S) groups is 1. The van der Waals surface area contributed by atoms with E-state index in [0.717, 1.165) is 17.7 Å². The number of aromatic nitrogens is 2. The first-order valence-electron chi connectivity index (χ1n) is 13.4. The quantitative estimate of drug-likeness (QED) is 0.173. The number of nitrogens with two attached hydrogens (primary N) is 1. The Labute approximate surface area is 268 Å². The average Bonchev–Trinajstić information content (AvgIpc) is 3.43. The van der Waals surface area contributed by atoms with Crippen LogP contribution in [-0.4, -0.2) is 38.4 Å². The van der Waals surface area contributed by atoms with Crippen LogP contribution in [0.1, 0.15) is 27.9 Å². The van der Waals surface area contributed by atoms with E-state index in [2.05, 4.69) is 16.4 Å². The third kappa shape index (κ3) is 8.57. The summed E-state index contributed by atoms with van der Waals surface area (Å²) in [5, 5.41) is 12.6. The van der Waals surface area contributed by atoms with Crippen molar-refractivity contribution in [3.63, 3.8) is 0 Å². The number of carbonyl (C=O) groups excluding carboxylic acids is 1. The number of nitrogens with one attached hydrogen (secondary N) is 1. The molecule has 0 radical (unpaired) electrons. The predicted molar refractivity (Wildman–Crippen MR) is 168 cm³/mol. The van der Waals surface area contributed by atoms with Crippen molar-refractivity contribution in [3.8, 4) is 6.07 Å². The van der Waals surface area contributed by atoms with Crippen LogP contribution < -0.4 is 11.1 Å². The maximum Gasteiger partial charge on any atom is 0.416 e. The van der Waals surface area contributed by atoms with Gasteiger partial charge in [-0.15, -0.1) is 0 Å². The fourth-order valence-electron chi connectivity index (χ4n) is 4.49. The second-order valence-corrected chi connectivity index (χ2v) is 11.2. The number of ketones is 1.